The van der Waals surface area contributed by atoms with Crippen molar-refractivity contribution in [2.24, 2.45) is 0 Å². The lowest BCUT2D eigenvalue weighted by Crippen LogP contribution is -2.35. The number of amides is 1. The Morgan fingerprint density at radius 2 is 2.00 bits per heavy atom. The van der Waals surface area contributed by atoms with Crippen molar-refractivity contribution in [3.05, 3.63) is 79.9 Å². The molecular formula is C22H24ClFN4O6S. The Bertz CT molecular complexity index is 1410. The van der Waals surface area contributed by atoms with Crippen LogP contribution >= 0.6 is 11.6 Å². The van der Waals surface area contributed by atoms with Gasteiger partial charge in [-0.1, -0.05) is 24.6 Å². The summed E-state index contributed by atoms with van der Waals surface area (Å²) >= 11 is 5.98. The van der Waals surface area contributed by atoms with Gasteiger partial charge in [0.05, 0.1) is 17.1 Å². The first-order valence-electron chi connectivity index (χ1n) is 10.5. The Balaban J connectivity index is 2.11. The molecule has 1 amide bonds. The first-order valence-corrected chi connectivity index (χ1v) is 12.3. The van der Waals surface area contributed by atoms with Crippen LogP contribution < -0.4 is 15.8 Å². The lowest BCUT2D eigenvalue weighted by Gasteiger charge is -2.25. The number of aryl methyl sites for hydroxylation is 1. The number of sulfonamides is 1. The van der Waals surface area contributed by atoms with E-state index in [4.69, 9.17) is 21.1 Å². The van der Waals surface area contributed by atoms with Crippen molar-refractivity contribution in [1.29, 1.82) is 0 Å². The molecule has 3 aromatic rings. The second kappa shape index (κ2) is 10.7. The zero-order valence-corrected chi connectivity index (χ0v) is 20.6. The van der Waals surface area contributed by atoms with Gasteiger partial charge in [0, 0.05) is 17.5 Å². The van der Waals surface area contributed by atoms with Crippen LogP contribution in [0, 0.1) is 19.7 Å². The van der Waals surface area contributed by atoms with E-state index >= 15 is 0 Å². The monoisotopic (exact) mass is 526 g/mol. The molecule has 10 nitrogen and oxygen atoms in total. The molecule has 188 valence electrons. The van der Waals surface area contributed by atoms with Crippen molar-refractivity contribution >= 4 is 27.5 Å². The maximum absolute atomic E-state index is 14.9. The lowest BCUT2D eigenvalue weighted by atomic mass is 9.88. The van der Waals surface area contributed by atoms with Gasteiger partial charge in [0.25, 0.3) is 5.91 Å². The number of nitrogens with zero attached hydrogens (tertiary/aromatic N) is 1. The molecule has 0 bridgehead atoms. The van der Waals surface area contributed by atoms with Crippen molar-refractivity contribution in [3.63, 3.8) is 0 Å². The van der Waals surface area contributed by atoms with Gasteiger partial charge in [0.2, 0.25) is 15.9 Å². The van der Waals surface area contributed by atoms with Gasteiger partial charge in [-0.2, -0.15) is 4.72 Å². The summed E-state index contributed by atoms with van der Waals surface area (Å²) < 4.78 is 49.2. The normalized spacial score (nSPS) is 13.4. The highest BCUT2D eigenvalue weighted by atomic mass is 35.5. The highest BCUT2D eigenvalue weighted by Crippen LogP contribution is 2.35. The summed E-state index contributed by atoms with van der Waals surface area (Å²) in [6.45, 7) is 4.57. The molecule has 13 heteroatoms. The number of hydrogen-bond donors (Lipinski definition) is 4. The van der Waals surface area contributed by atoms with Crippen molar-refractivity contribution in [2.45, 2.75) is 37.6 Å². The molecule has 0 aliphatic heterocycles. The molecule has 0 radical (unpaired) electrons. The van der Waals surface area contributed by atoms with Crippen LogP contribution in [0.25, 0.3) is 0 Å². The Hall–Kier alpha value is -3.06. The molecule has 0 unspecified atom stereocenters. The largest absolute Gasteiger partial charge is 0.434 e. The number of rotatable bonds is 9. The third kappa shape index (κ3) is 5.78. The molecule has 0 fully saturated rings. The third-order valence-corrected chi connectivity index (χ3v) is 7.30. The molecular weight excluding hydrogens is 503 g/mol. The number of aliphatic hydroxyl groups excluding tert-OH is 1. The molecule has 1 aromatic heterocycles. The zero-order chi connectivity index (χ0) is 25.9. The van der Waals surface area contributed by atoms with Crippen LogP contribution in [0.2, 0.25) is 5.02 Å². The minimum absolute atomic E-state index is 0.109. The van der Waals surface area contributed by atoms with Gasteiger partial charge in [0.15, 0.2) is 0 Å². The van der Waals surface area contributed by atoms with Crippen LogP contribution in [-0.4, -0.2) is 42.8 Å². The summed E-state index contributed by atoms with van der Waals surface area (Å²) in [5.41, 5.74) is 1.31. The summed E-state index contributed by atoms with van der Waals surface area (Å²) in [6, 6.07) is 5.14. The minimum Gasteiger partial charge on any atom is -0.395 e. The summed E-state index contributed by atoms with van der Waals surface area (Å²) in [6.07, 6.45) is 0. The van der Waals surface area contributed by atoms with E-state index in [-0.39, 0.29) is 35.2 Å². The van der Waals surface area contributed by atoms with Gasteiger partial charge in [-0.15, -0.1) is 5.10 Å². The maximum atomic E-state index is 14.9. The first-order chi connectivity index (χ1) is 16.5. The fourth-order valence-electron chi connectivity index (χ4n) is 3.68. The standard InChI is InChI=1S/C22H24ClFN4O6S/c1-11-4-6-16(24)18(12(11)2)13(3)19(21-26-27-22(31)34-21)28-35(32,33)17-7-5-14(23)10-15(17)20(30)25-8-9-29/h4-7,10,13,19,28-29H,8-9H2,1-3H3,(H,25,30)(H,27,31)/t13-,19+/m1/s1. The second-order valence-electron chi connectivity index (χ2n) is 7.86. The number of carbonyl (C=O) groups excluding carboxylic acids is 1. The number of aromatic amines is 1. The minimum atomic E-state index is -4.48. The molecule has 2 aromatic carbocycles. The predicted octanol–water partition coefficient (Wildman–Crippen LogP) is 2.32. The van der Waals surface area contributed by atoms with E-state index < -0.39 is 44.4 Å². The number of aliphatic hydroxyl groups is 1. The quantitative estimate of drug-likeness (QED) is 0.333. The molecule has 35 heavy (non-hydrogen) atoms. The first kappa shape index (κ1) is 26.5. The number of carbonyl (C=O) groups is 1. The van der Waals surface area contributed by atoms with E-state index in [0.29, 0.717) is 5.56 Å². The van der Waals surface area contributed by atoms with E-state index in [1.165, 1.54) is 18.2 Å². The Labute approximate surface area is 205 Å². The van der Waals surface area contributed by atoms with Gasteiger partial charge in [-0.25, -0.2) is 22.7 Å². The van der Waals surface area contributed by atoms with Gasteiger partial charge in [-0.05, 0) is 54.8 Å². The van der Waals surface area contributed by atoms with Gasteiger partial charge >= 0.3 is 5.76 Å². The highest BCUT2D eigenvalue weighted by Gasteiger charge is 2.34. The van der Waals surface area contributed by atoms with E-state index in [1.807, 2.05) is 0 Å². The number of benzene rings is 2. The molecule has 4 N–H and O–H groups in total. The summed E-state index contributed by atoms with van der Waals surface area (Å²) in [4.78, 5) is 23.8. The van der Waals surface area contributed by atoms with Crippen LogP contribution in [0.1, 0.15) is 51.8 Å². The number of hydrogen-bond acceptors (Lipinski definition) is 7. The molecule has 0 saturated carbocycles. The molecule has 0 aliphatic carbocycles. The smallest absolute Gasteiger partial charge is 0.395 e. The fourth-order valence-corrected chi connectivity index (χ4v) is 5.31. The fraction of sp³-hybridized carbons (Fsp3) is 0.318. The number of aromatic nitrogens is 2. The predicted molar refractivity (Wildman–Crippen MR) is 125 cm³/mol. The van der Waals surface area contributed by atoms with Crippen LogP contribution in [0.5, 0.6) is 0 Å². The molecule has 3 rings (SSSR count). The van der Waals surface area contributed by atoms with E-state index in [0.717, 1.165) is 11.6 Å². The number of H-pyrrole nitrogens is 1. The molecule has 0 spiro atoms. The zero-order valence-electron chi connectivity index (χ0n) is 19.1. The van der Waals surface area contributed by atoms with E-state index in [2.05, 4.69) is 20.2 Å². The van der Waals surface area contributed by atoms with Gasteiger partial charge in [-0.3, -0.25) is 4.79 Å². The van der Waals surface area contributed by atoms with E-state index in [1.54, 1.807) is 26.8 Å². The Morgan fingerprint density at radius 1 is 1.29 bits per heavy atom. The van der Waals surface area contributed by atoms with Crippen molar-refractivity contribution < 1.29 is 27.1 Å². The maximum Gasteiger partial charge on any atom is 0.434 e. The average Bonchev–Trinajstić information content (AvgIpc) is 3.24. The van der Waals surface area contributed by atoms with Crippen molar-refractivity contribution in [1.82, 2.24) is 20.2 Å². The highest BCUT2D eigenvalue weighted by molar-refractivity contribution is 7.89. The summed E-state index contributed by atoms with van der Waals surface area (Å²) in [5.74, 6) is -3.47. The van der Waals surface area contributed by atoms with Gasteiger partial charge < -0.3 is 14.8 Å². The number of nitrogens with one attached hydrogen (secondary N) is 3. The molecule has 0 aliphatic rings. The van der Waals surface area contributed by atoms with Gasteiger partial charge in [0.1, 0.15) is 11.9 Å². The van der Waals surface area contributed by atoms with Crippen LogP contribution in [0.3, 0.4) is 0 Å². The van der Waals surface area contributed by atoms with Crippen molar-refractivity contribution in [3.8, 4) is 0 Å². The molecule has 1 heterocycles. The van der Waals surface area contributed by atoms with Crippen LogP contribution in [0.4, 0.5) is 4.39 Å². The Morgan fingerprint density at radius 3 is 2.63 bits per heavy atom. The number of halogens is 2. The van der Waals surface area contributed by atoms with Crippen molar-refractivity contribution in [2.75, 3.05) is 13.2 Å². The Kier molecular flexibility index (Phi) is 8.11. The summed E-state index contributed by atoms with van der Waals surface area (Å²) in [7, 11) is -4.48. The summed E-state index contributed by atoms with van der Waals surface area (Å²) in [5, 5.41) is 17.3. The SMILES string of the molecule is Cc1ccc(F)c([C@@H](C)[C@H](NS(=O)(=O)c2ccc(Cl)cc2C(=O)NCCO)c2n[nH]c(=O)o2)c1C. The molecule has 2 atom stereocenters. The molecule has 0 saturated heterocycles. The van der Waals surface area contributed by atoms with Crippen LogP contribution in [0.15, 0.2) is 44.4 Å². The third-order valence-electron chi connectivity index (χ3n) is 5.56. The average molecular weight is 527 g/mol. The topological polar surface area (TPSA) is 154 Å². The van der Waals surface area contributed by atoms with E-state index in [9.17, 15) is 22.4 Å². The lowest BCUT2D eigenvalue weighted by molar-refractivity contribution is 0.0941. The van der Waals surface area contributed by atoms with Crippen LogP contribution in [-0.2, 0) is 10.0 Å². The second-order valence-corrected chi connectivity index (χ2v) is 9.98.